The molecule has 3 heterocycles. The molecule has 3 aliphatic heterocycles. The molecule has 30 heavy (non-hydrogen) atoms. The zero-order valence-electron chi connectivity index (χ0n) is 17.8. The minimum Gasteiger partial charge on any atom is -0.497 e. The second kappa shape index (κ2) is 10.8. The van der Waals surface area contributed by atoms with E-state index in [1.54, 1.807) is 7.11 Å². The van der Waals surface area contributed by atoms with Gasteiger partial charge in [-0.05, 0) is 61.6 Å². The van der Waals surface area contributed by atoms with Gasteiger partial charge in [0.15, 0.2) is 0 Å². The van der Waals surface area contributed by atoms with Gasteiger partial charge in [-0.15, -0.1) is 0 Å². The molecule has 2 N–H and O–H groups in total. The number of ether oxygens (including phenoxy) is 1. The SMILES string of the molecule is COc1cccc(C[C@H]2[C@H]3C[C@H](CN(CCCO)C3)[C@@H]3CCCC(=O)N32)c1.O=CO. The van der Waals surface area contributed by atoms with Crippen LogP contribution in [-0.2, 0) is 16.0 Å². The summed E-state index contributed by atoms with van der Waals surface area (Å²) >= 11 is 0. The van der Waals surface area contributed by atoms with E-state index in [0.29, 0.717) is 30.2 Å². The first kappa shape index (κ1) is 22.6. The Labute approximate surface area is 178 Å². The van der Waals surface area contributed by atoms with Crippen molar-refractivity contribution in [2.45, 2.75) is 50.6 Å². The molecule has 4 rings (SSSR count). The molecule has 3 fully saturated rings. The van der Waals surface area contributed by atoms with Crippen LogP contribution in [0.1, 0.15) is 37.7 Å². The molecule has 1 aromatic rings. The van der Waals surface area contributed by atoms with Crippen molar-refractivity contribution in [3.63, 3.8) is 0 Å². The highest BCUT2D eigenvalue weighted by Crippen LogP contribution is 2.42. The average molecular weight is 419 g/mol. The molecule has 0 aromatic heterocycles. The third-order valence-electron chi connectivity index (χ3n) is 6.78. The van der Waals surface area contributed by atoms with Crippen LogP contribution < -0.4 is 4.74 Å². The molecule has 0 spiro atoms. The largest absolute Gasteiger partial charge is 0.497 e. The van der Waals surface area contributed by atoms with E-state index < -0.39 is 0 Å². The highest BCUT2D eigenvalue weighted by molar-refractivity contribution is 5.78. The van der Waals surface area contributed by atoms with Gasteiger partial charge in [0, 0.05) is 44.7 Å². The number of piperidine rings is 3. The molecule has 166 valence electrons. The molecule has 0 radical (unpaired) electrons. The Morgan fingerprint density at radius 2 is 2.03 bits per heavy atom. The lowest BCUT2D eigenvalue weighted by Gasteiger charge is -2.57. The van der Waals surface area contributed by atoms with Crippen molar-refractivity contribution in [1.29, 1.82) is 0 Å². The number of hydrogen-bond acceptors (Lipinski definition) is 5. The monoisotopic (exact) mass is 418 g/mol. The Morgan fingerprint density at radius 3 is 2.77 bits per heavy atom. The first-order valence-electron chi connectivity index (χ1n) is 11.0. The lowest BCUT2D eigenvalue weighted by molar-refractivity contribution is -0.152. The van der Waals surface area contributed by atoms with Crippen LogP contribution in [0, 0.1) is 11.8 Å². The van der Waals surface area contributed by atoms with E-state index in [0.717, 1.165) is 51.1 Å². The third-order valence-corrected chi connectivity index (χ3v) is 6.78. The number of fused-ring (bicyclic) bond motifs is 4. The molecule has 2 bridgehead atoms. The Bertz CT molecular complexity index is 713. The topological polar surface area (TPSA) is 90.3 Å². The molecule has 7 heteroatoms. The first-order valence-corrected chi connectivity index (χ1v) is 11.0. The van der Waals surface area contributed by atoms with Crippen LogP contribution >= 0.6 is 0 Å². The maximum Gasteiger partial charge on any atom is 0.290 e. The highest BCUT2D eigenvalue weighted by atomic mass is 16.5. The van der Waals surface area contributed by atoms with Gasteiger partial charge in [0.25, 0.3) is 6.47 Å². The number of carbonyl (C=O) groups is 2. The third kappa shape index (κ3) is 5.13. The Hall–Kier alpha value is -2.12. The number of carboxylic acid groups (broad SMARTS) is 1. The van der Waals surface area contributed by atoms with Crippen molar-refractivity contribution < 1.29 is 24.5 Å². The molecule has 4 atom stereocenters. The highest BCUT2D eigenvalue weighted by Gasteiger charge is 2.49. The fourth-order valence-corrected chi connectivity index (χ4v) is 5.65. The molecule has 1 amide bonds. The Kier molecular flexibility index (Phi) is 8.10. The average Bonchev–Trinajstić information content (AvgIpc) is 2.76. The van der Waals surface area contributed by atoms with Gasteiger partial charge in [0.2, 0.25) is 5.91 Å². The number of amides is 1. The van der Waals surface area contributed by atoms with E-state index in [9.17, 15) is 9.90 Å². The number of hydrogen-bond donors (Lipinski definition) is 2. The van der Waals surface area contributed by atoms with Crippen LogP contribution in [0.5, 0.6) is 5.75 Å². The van der Waals surface area contributed by atoms with Crippen LogP contribution in [0.3, 0.4) is 0 Å². The Morgan fingerprint density at radius 1 is 1.27 bits per heavy atom. The predicted molar refractivity (Wildman–Crippen MR) is 113 cm³/mol. The first-order chi connectivity index (χ1) is 14.6. The molecule has 3 saturated heterocycles. The van der Waals surface area contributed by atoms with Crippen molar-refractivity contribution in [2.24, 2.45) is 11.8 Å². The van der Waals surface area contributed by atoms with Gasteiger partial charge < -0.3 is 24.7 Å². The van der Waals surface area contributed by atoms with Gasteiger partial charge in [-0.3, -0.25) is 9.59 Å². The molecule has 1 aromatic carbocycles. The lowest BCUT2D eigenvalue weighted by Crippen LogP contribution is -2.65. The van der Waals surface area contributed by atoms with Gasteiger partial charge in [-0.2, -0.15) is 0 Å². The summed E-state index contributed by atoms with van der Waals surface area (Å²) in [6, 6.07) is 8.97. The van der Waals surface area contributed by atoms with Gasteiger partial charge in [0.1, 0.15) is 5.75 Å². The van der Waals surface area contributed by atoms with Crippen LogP contribution in [-0.4, -0.2) is 77.8 Å². The van der Waals surface area contributed by atoms with Gasteiger partial charge in [0.05, 0.1) is 7.11 Å². The van der Waals surface area contributed by atoms with E-state index in [1.165, 1.54) is 12.0 Å². The Balaban J connectivity index is 0.000000806. The number of carbonyl (C=O) groups excluding carboxylic acids is 1. The quantitative estimate of drug-likeness (QED) is 0.687. The fourth-order valence-electron chi connectivity index (χ4n) is 5.65. The standard InChI is InChI=1S/C22H32N2O3.CH2O2/c1-27-19-6-2-5-16(11-19)12-21-18-13-17(14-23(15-18)9-4-10-25)20-7-3-8-22(26)24(20)21;2-1-3/h2,5-6,11,17-18,20-21,25H,3-4,7-10,12-15H2,1H3;1H,(H,2,3)/t17-,18+,20+,21+;/m1./s1. The number of benzene rings is 1. The summed E-state index contributed by atoms with van der Waals surface area (Å²) in [7, 11) is 1.70. The lowest BCUT2D eigenvalue weighted by atomic mass is 9.70. The fraction of sp³-hybridized carbons (Fsp3) is 0.652. The summed E-state index contributed by atoms with van der Waals surface area (Å²) in [5.74, 6) is 2.36. The molecular formula is C23H34N2O5. The number of nitrogens with zero attached hydrogens (tertiary/aromatic N) is 2. The van der Waals surface area contributed by atoms with Gasteiger partial charge >= 0.3 is 0 Å². The maximum atomic E-state index is 12.9. The minimum absolute atomic E-state index is 0.250. The molecular weight excluding hydrogens is 384 g/mol. The van der Waals surface area contributed by atoms with E-state index in [1.807, 2.05) is 12.1 Å². The number of aliphatic hydroxyl groups excluding tert-OH is 1. The summed E-state index contributed by atoms with van der Waals surface area (Å²) < 4.78 is 5.40. The van der Waals surface area contributed by atoms with E-state index in [-0.39, 0.29) is 19.1 Å². The van der Waals surface area contributed by atoms with Gasteiger partial charge in [-0.25, -0.2) is 0 Å². The van der Waals surface area contributed by atoms with Crippen molar-refractivity contribution >= 4 is 12.4 Å². The number of rotatable bonds is 6. The van der Waals surface area contributed by atoms with E-state index in [2.05, 4.69) is 21.9 Å². The smallest absolute Gasteiger partial charge is 0.290 e. The normalized spacial score (nSPS) is 28.2. The van der Waals surface area contributed by atoms with Crippen molar-refractivity contribution in [3.05, 3.63) is 29.8 Å². The summed E-state index contributed by atoms with van der Waals surface area (Å²) in [6.45, 7) is 3.10. The molecule has 0 unspecified atom stereocenters. The van der Waals surface area contributed by atoms with Crippen molar-refractivity contribution in [2.75, 3.05) is 33.4 Å². The second-order valence-corrected chi connectivity index (χ2v) is 8.58. The molecule has 7 nitrogen and oxygen atoms in total. The zero-order chi connectivity index (χ0) is 21.5. The van der Waals surface area contributed by atoms with Gasteiger partial charge in [-0.1, -0.05) is 12.1 Å². The van der Waals surface area contributed by atoms with Crippen molar-refractivity contribution in [3.8, 4) is 5.75 Å². The van der Waals surface area contributed by atoms with Crippen LogP contribution in [0.15, 0.2) is 24.3 Å². The summed E-state index contributed by atoms with van der Waals surface area (Å²) in [4.78, 5) is 26.1. The predicted octanol–water partition coefficient (Wildman–Crippen LogP) is 2.02. The van der Waals surface area contributed by atoms with Crippen LogP contribution in [0.4, 0.5) is 0 Å². The van der Waals surface area contributed by atoms with E-state index >= 15 is 0 Å². The van der Waals surface area contributed by atoms with Crippen molar-refractivity contribution in [1.82, 2.24) is 9.80 Å². The second-order valence-electron chi connectivity index (χ2n) is 8.58. The number of likely N-dealkylation sites (tertiary alicyclic amines) is 1. The molecule has 0 aliphatic carbocycles. The zero-order valence-corrected chi connectivity index (χ0v) is 17.8. The summed E-state index contributed by atoms with van der Waals surface area (Å²) in [5.41, 5.74) is 1.25. The number of aliphatic hydroxyl groups is 1. The maximum absolute atomic E-state index is 12.9. The van der Waals surface area contributed by atoms with Crippen LogP contribution in [0.2, 0.25) is 0 Å². The van der Waals surface area contributed by atoms with Crippen LogP contribution in [0.25, 0.3) is 0 Å². The molecule has 3 aliphatic rings. The number of methoxy groups -OCH3 is 1. The van der Waals surface area contributed by atoms with E-state index in [4.69, 9.17) is 14.6 Å². The summed E-state index contributed by atoms with van der Waals surface area (Å²) in [6.07, 6.45) is 5.87. The molecule has 0 saturated carbocycles. The summed E-state index contributed by atoms with van der Waals surface area (Å²) in [5, 5.41) is 16.1. The minimum atomic E-state index is -0.250.